The quantitative estimate of drug-likeness (QED) is 0.412. The fourth-order valence-corrected chi connectivity index (χ4v) is 1.58. The molecule has 8 heteroatoms. The van der Waals surface area contributed by atoms with Crippen molar-refractivity contribution in [1.29, 1.82) is 0 Å². The van der Waals surface area contributed by atoms with E-state index in [1.165, 1.54) is 0 Å². The third-order valence-corrected chi connectivity index (χ3v) is 2.37. The summed E-state index contributed by atoms with van der Waals surface area (Å²) in [5.74, 6) is 6.30. The molecule has 1 heterocycles. The molecular weight excluding hydrogens is 246 g/mol. The number of aromatic nitrogens is 2. The van der Waals surface area contributed by atoms with Gasteiger partial charge in [-0.2, -0.15) is 9.97 Å². The number of amides is 1. The SMILES string of the molecule is CCN(CC(=O)NC(C)C)c1cc(NN)nc(N)n1. The van der Waals surface area contributed by atoms with E-state index in [9.17, 15) is 4.79 Å². The standard InChI is InChI=1S/C11H21N7O/c1-4-18(6-10(19)14-7(2)3)9-5-8(17-13)15-11(12)16-9/h5,7H,4,6,13H2,1-3H3,(H,14,19)(H3,12,15,16,17). The van der Waals surface area contributed by atoms with Gasteiger partial charge in [0.1, 0.15) is 11.6 Å². The largest absolute Gasteiger partial charge is 0.368 e. The minimum Gasteiger partial charge on any atom is -0.368 e. The Morgan fingerprint density at radius 2 is 2.16 bits per heavy atom. The van der Waals surface area contributed by atoms with E-state index in [1.54, 1.807) is 11.0 Å². The van der Waals surface area contributed by atoms with Gasteiger partial charge in [-0.3, -0.25) is 4.79 Å². The third-order valence-electron chi connectivity index (χ3n) is 2.37. The van der Waals surface area contributed by atoms with Crippen LogP contribution in [0.5, 0.6) is 0 Å². The van der Waals surface area contributed by atoms with Crippen LogP contribution in [-0.4, -0.2) is 35.0 Å². The number of nitrogens with zero attached hydrogens (tertiary/aromatic N) is 3. The lowest BCUT2D eigenvalue weighted by Crippen LogP contribution is -2.40. The highest BCUT2D eigenvalue weighted by molar-refractivity contribution is 5.81. The zero-order valence-electron chi connectivity index (χ0n) is 11.5. The van der Waals surface area contributed by atoms with E-state index in [2.05, 4.69) is 20.7 Å². The van der Waals surface area contributed by atoms with Gasteiger partial charge in [-0.15, -0.1) is 0 Å². The summed E-state index contributed by atoms with van der Waals surface area (Å²) in [7, 11) is 0. The maximum atomic E-state index is 11.8. The van der Waals surface area contributed by atoms with E-state index in [0.29, 0.717) is 18.2 Å². The maximum absolute atomic E-state index is 11.8. The molecule has 0 bridgehead atoms. The zero-order valence-corrected chi connectivity index (χ0v) is 11.5. The molecule has 6 N–H and O–H groups in total. The summed E-state index contributed by atoms with van der Waals surface area (Å²) < 4.78 is 0. The topological polar surface area (TPSA) is 122 Å². The number of hydrogen-bond donors (Lipinski definition) is 4. The number of carbonyl (C=O) groups excluding carboxylic acids is 1. The van der Waals surface area contributed by atoms with Crippen molar-refractivity contribution in [3.63, 3.8) is 0 Å². The van der Waals surface area contributed by atoms with Crippen LogP contribution in [0.15, 0.2) is 6.07 Å². The molecule has 1 aromatic rings. The summed E-state index contributed by atoms with van der Waals surface area (Å²) in [6, 6.07) is 1.74. The average molecular weight is 267 g/mol. The van der Waals surface area contributed by atoms with E-state index in [1.807, 2.05) is 20.8 Å². The fraction of sp³-hybridized carbons (Fsp3) is 0.545. The van der Waals surface area contributed by atoms with Crippen LogP contribution in [0, 0.1) is 0 Å². The molecule has 1 aromatic heterocycles. The predicted octanol–water partition coefficient (Wildman–Crippen LogP) is -0.305. The Kier molecular flexibility index (Phi) is 5.31. The van der Waals surface area contributed by atoms with Crippen molar-refractivity contribution in [1.82, 2.24) is 15.3 Å². The lowest BCUT2D eigenvalue weighted by Gasteiger charge is -2.22. The molecule has 0 aromatic carbocycles. The van der Waals surface area contributed by atoms with Crippen LogP contribution < -0.4 is 27.2 Å². The zero-order chi connectivity index (χ0) is 14.4. The van der Waals surface area contributed by atoms with Crippen LogP contribution >= 0.6 is 0 Å². The van der Waals surface area contributed by atoms with Gasteiger partial charge in [-0.25, -0.2) is 5.84 Å². The maximum Gasteiger partial charge on any atom is 0.239 e. The van der Waals surface area contributed by atoms with Crippen LogP contribution in [-0.2, 0) is 4.79 Å². The second-order valence-corrected chi connectivity index (χ2v) is 4.35. The Morgan fingerprint density at radius 3 is 2.68 bits per heavy atom. The van der Waals surface area contributed by atoms with E-state index in [0.717, 1.165) is 0 Å². The Labute approximate surface area is 112 Å². The van der Waals surface area contributed by atoms with E-state index < -0.39 is 0 Å². The number of nitrogen functional groups attached to an aromatic ring is 2. The molecule has 0 aliphatic heterocycles. The molecule has 8 nitrogen and oxygen atoms in total. The molecule has 1 amide bonds. The third kappa shape index (κ3) is 4.59. The summed E-state index contributed by atoms with van der Waals surface area (Å²) in [6.45, 7) is 6.57. The van der Waals surface area contributed by atoms with Crippen LogP contribution in [0.25, 0.3) is 0 Å². The number of hydrazine groups is 1. The number of likely N-dealkylation sites (N-methyl/N-ethyl adjacent to an activating group) is 1. The number of carbonyl (C=O) groups is 1. The molecule has 0 atom stereocenters. The van der Waals surface area contributed by atoms with Crippen molar-refractivity contribution >= 4 is 23.5 Å². The first kappa shape index (κ1) is 15.0. The van der Waals surface area contributed by atoms with Crippen molar-refractivity contribution in [2.75, 3.05) is 29.1 Å². The summed E-state index contributed by atoms with van der Waals surface area (Å²) >= 11 is 0. The van der Waals surface area contributed by atoms with Crippen LogP contribution in [0.2, 0.25) is 0 Å². The highest BCUT2D eigenvalue weighted by Crippen LogP contribution is 2.15. The fourth-order valence-electron chi connectivity index (χ4n) is 1.58. The van der Waals surface area contributed by atoms with Crippen molar-refractivity contribution in [2.24, 2.45) is 5.84 Å². The van der Waals surface area contributed by atoms with Crippen molar-refractivity contribution < 1.29 is 4.79 Å². The van der Waals surface area contributed by atoms with Crippen molar-refractivity contribution in [3.8, 4) is 0 Å². The number of anilines is 3. The molecular formula is C11H21N7O. The molecule has 1 rings (SSSR count). The second-order valence-electron chi connectivity index (χ2n) is 4.35. The Balaban J connectivity index is 2.84. The van der Waals surface area contributed by atoms with Gasteiger partial charge >= 0.3 is 0 Å². The second kappa shape index (κ2) is 6.74. The Morgan fingerprint density at radius 1 is 1.47 bits per heavy atom. The van der Waals surface area contributed by atoms with Gasteiger partial charge in [0.2, 0.25) is 11.9 Å². The van der Waals surface area contributed by atoms with Crippen LogP contribution in [0.1, 0.15) is 20.8 Å². The van der Waals surface area contributed by atoms with Gasteiger partial charge < -0.3 is 21.4 Å². The smallest absolute Gasteiger partial charge is 0.239 e. The Hall–Kier alpha value is -2.09. The first-order valence-corrected chi connectivity index (χ1v) is 6.11. The first-order chi connectivity index (χ1) is 8.96. The molecule has 0 saturated heterocycles. The Bertz CT molecular complexity index is 435. The monoisotopic (exact) mass is 267 g/mol. The normalized spacial score (nSPS) is 10.4. The van der Waals surface area contributed by atoms with Gasteiger partial charge in [0.05, 0.1) is 6.54 Å². The highest BCUT2D eigenvalue weighted by atomic mass is 16.2. The summed E-state index contributed by atoms with van der Waals surface area (Å²) in [5, 5.41) is 2.82. The minimum atomic E-state index is -0.0729. The highest BCUT2D eigenvalue weighted by Gasteiger charge is 2.13. The molecule has 19 heavy (non-hydrogen) atoms. The minimum absolute atomic E-state index is 0.0729. The number of nitrogens with one attached hydrogen (secondary N) is 2. The summed E-state index contributed by atoms with van der Waals surface area (Å²) in [5.41, 5.74) is 8.01. The van der Waals surface area contributed by atoms with Crippen molar-refractivity contribution in [2.45, 2.75) is 26.8 Å². The van der Waals surface area contributed by atoms with Crippen molar-refractivity contribution in [3.05, 3.63) is 6.07 Å². The van der Waals surface area contributed by atoms with Gasteiger partial charge in [0, 0.05) is 18.7 Å². The van der Waals surface area contributed by atoms with Gasteiger partial charge in [0.15, 0.2) is 0 Å². The number of nitrogens with two attached hydrogens (primary N) is 2. The molecule has 0 saturated carbocycles. The van der Waals surface area contributed by atoms with Gasteiger partial charge in [-0.05, 0) is 20.8 Å². The van der Waals surface area contributed by atoms with E-state index in [-0.39, 0.29) is 24.4 Å². The van der Waals surface area contributed by atoms with Crippen LogP contribution in [0.4, 0.5) is 17.6 Å². The predicted molar refractivity (Wildman–Crippen MR) is 75.4 cm³/mol. The number of hydrogen-bond acceptors (Lipinski definition) is 7. The molecule has 0 fully saturated rings. The van der Waals surface area contributed by atoms with Gasteiger partial charge in [0.25, 0.3) is 0 Å². The molecule has 0 unspecified atom stereocenters. The summed E-state index contributed by atoms with van der Waals surface area (Å²) in [6.07, 6.45) is 0. The summed E-state index contributed by atoms with van der Waals surface area (Å²) in [4.78, 5) is 21.6. The molecule has 0 aliphatic carbocycles. The lowest BCUT2D eigenvalue weighted by atomic mass is 10.3. The molecule has 0 spiro atoms. The van der Waals surface area contributed by atoms with Gasteiger partial charge in [-0.1, -0.05) is 0 Å². The lowest BCUT2D eigenvalue weighted by molar-refractivity contribution is -0.120. The average Bonchev–Trinajstić information content (AvgIpc) is 2.34. The molecule has 0 aliphatic rings. The molecule has 0 radical (unpaired) electrons. The number of rotatable bonds is 6. The van der Waals surface area contributed by atoms with E-state index >= 15 is 0 Å². The first-order valence-electron chi connectivity index (χ1n) is 6.11. The van der Waals surface area contributed by atoms with E-state index in [4.69, 9.17) is 11.6 Å². The van der Waals surface area contributed by atoms with Crippen LogP contribution in [0.3, 0.4) is 0 Å². The molecule has 106 valence electrons.